The van der Waals surface area contributed by atoms with Crippen LogP contribution in [0.2, 0.25) is 39.3 Å². The lowest BCUT2D eigenvalue weighted by molar-refractivity contribution is -0.164. The molecule has 1 aliphatic heterocycles. The van der Waals surface area contributed by atoms with Gasteiger partial charge in [-0.2, -0.15) is 0 Å². The Labute approximate surface area is 206 Å². The molecule has 0 radical (unpaired) electrons. The molecule has 34 heavy (non-hydrogen) atoms. The van der Waals surface area contributed by atoms with Crippen LogP contribution in [-0.4, -0.2) is 53.0 Å². The standard InChI is InChI=1S/C26H42O6Si2/c1-16-14-24-15-25(16,32-34(7,8)9)12-10-17(24)26-13-11-18(31-33(4,5)6)23(2,22(28)30-26)20(26)19(24)21(27)29-3/h17-20H,1,10-15H2,2-9H3/t17-,18+,19-,20-,23?,24+,25+,26-/m1/s1. The number of fused-ring (bicyclic) bond motifs is 1. The maximum Gasteiger partial charge on any atom is 0.315 e. The molecule has 5 fully saturated rings. The summed E-state index contributed by atoms with van der Waals surface area (Å²) in [6.07, 6.45) is 4.60. The minimum Gasteiger partial charge on any atom is -0.469 e. The highest BCUT2D eigenvalue weighted by molar-refractivity contribution is 6.70. The Bertz CT molecular complexity index is 952. The van der Waals surface area contributed by atoms with Crippen molar-refractivity contribution in [1.82, 2.24) is 0 Å². The van der Waals surface area contributed by atoms with E-state index >= 15 is 0 Å². The van der Waals surface area contributed by atoms with E-state index in [-0.39, 0.29) is 40.9 Å². The summed E-state index contributed by atoms with van der Waals surface area (Å²) in [5, 5.41) is 0. The molecule has 1 heterocycles. The van der Waals surface area contributed by atoms with Crippen LogP contribution < -0.4 is 0 Å². The van der Waals surface area contributed by atoms with E-state index in [2.05, 4.69) is 45.9 Å². The first-order chi connectivity index (χ1) is 15.5. The molecule has 8 heteroatoms. The molecule has 4 saturated carbocycles. The molecule has 0 aromatic carbocycles. The summed E-state index contributed by atoms with van der Waals surface area (Å²) < 4.78 is 25.5. The van der Waals surface area contributed by atoms with Crippen molar-refractivity contribution < 1.29 is 27.9 Å². The number of ether oxygens (including phenoxy) is 2. The average molecular weight is 507 g/mol. The summed E-state index contributed by atoms with van der Waals surface area (Å²) in [5.74, 6) is -0.947. The van der Waals surface area contributed by atoms with Crippen molar-refractivity contribution in [1.29, 1.82) is 0 Å². The van der Waals surface area contributed by atoms with Gasteiger partial charge in [0, 0.05) is 11.8 Å². The molecular formula is C26H42O6Si2. The van der Waals surface area contributed by atoms with Crippen LogP contribution in [0, 0.1) is 28.6 Å². The molecule has 0 N–H and O–H groups in total. The first kappa shape index (κ1) is 24.7. The lowest BCUT2D eigenvalue weighted by atomic mass is 9.59. The lowest BCUT2D eigenvalue weighted by Gasteiger charge is -2.48. The summed E-state index contributed by atoms with van der Waals surface area (Å²) in [6, 6.07) is 0. The van der Waals surface area contributed by atoms with Gasteiger partial charge in [0.25, 0.3) is 0 Å². The van der Waals surface area contributed by atoms with Crippen molar-refractivity contribution in [3.63, 3.8) is 0 Å². The molecule has 5 rings (SSSR count). The van der Waals surface area contributed by atoms with Crippen LogP contribution in [0.4, 0.5) is 0 Å². The fourth-order valence-electron chi connectivity index (χ4n) is 9.07. The Balaban J connectivity index is 1.65. The van der Waals surface area contributed by atoms with Gasteiger partial charge in [0.15, 0.2) is 16.6 Å². The van der Waals surface area contributed by atoms with E-state index in [1.54, 1.807) is 0 Å². The molecule has 0 amide bonds. The Morgan fingerprint density at radius 2 is 1.76 bits per heavy atom. The molecule has 6 nitrogen and oxygen atoms in total. The van der Waals surface area contributed by atoms with Crippen LogP contribution >= 0.6 is 0 Å². The van der Waals surface area contributed by atoms with Crippen molar-refractivity contribution in [2.75, 3.05) is 7.11 Å². The molecule has 1 unspecified atom stereocenters. The normalized spacial score (nSPS) is 47.3. The topological polar surface area (TPSA) is 71.1 Å². The molecule has 0 aromatic rings. The SMILES string of the molecule is C=C1C[C@]23C[C@@]1(O[Si](C)(C)C)CC[C@H]2[C@@]12CC[C@H](O[Si](C)(C)C)C(C)(C(=O)O1)[C@H]2[C@@H]3C(=O)OC. The Morgan fingerprint density at radius 1 is 1.09 bits per heavy atom. The van der Waals surface area contributed by atoms with Crippen LogP contribution in [0.3, 0.4) is 0 Å². The van der Waals surface area contributed by atoms with Crippen molar-refractivity contribution in [2.45, 2.75) is 102 Å². The smallest absolute Gasteiger partial charge is 0.315 e. The Morgan fingerprint density at radius 3 is 2.35 bits per heavy atom. The quantitative estimate of drug-likeness (QED) is 0.295. The molecule has 1 spiro atoms. The predicted octanol–water partition coefficient (Wildman–Crippen LogP) is 5.06. The van der Waals surface area contributed by atoms with Crippen molar-refractivity contribution in [3.8, 4) is 0 Å². The number of esters is 2. The van der Waals surface area contributed by atoms with Crippen molar-refractivity contribution in [3.05, 3.63) is 12.2 Å². The highest BCUT2D eigenvalue weighted by Crippen LogP contribution is 2.79. The van der Waals surface area contributed by atoms with E-state index in [1.165, 1.54) is 7.11 Å². The van der Waals surface area contributed by atoms with Crippen molar-refractivity contribution >= 4 is 28.6 Å². The van der Waals surface area contributed by atoms with Crippen LogP contribution in [-0.2, 0) is 27.9 Å². The highest BCUT2D eigenvalue weighted by Gasteiger charge is 2.84. The third kappa shape index (κ3) is 3.04. The van der Waals surface area contributed by atoms with Gasteiger partial charge in [0.2, 0.25) is 0 Å². The van der Waals surface area contributed by atoms with Crippen LogP contribution in [0.1, 0.15) is 45.4 Å². The third-order valence-electron chi connectivity index (χ3n) is 9.69. The Kier molecular flexibility index (Phi) is 5.14. The highest BCUT2D eigenvalue weighted by atomic mass is 28.4. The zero-order valence-corrected chi connectivity index (χ0v) is 24.2. The van der Waals surface area contributed by atoms with Crippen molar-refractivity contribution in [2.24, 2.45) is 28.6 Å². The number of carbonyl (C=O) groups is 2. The van der Waals surface area contributed by atoms with Gasteiger partial charge >= 0.3 is 11.9 Å². The molecule has 0 aromatic heterocycles. The molecule has 190 valence electrons. The summed E-state index contributed by atoms with van der Waals surface area (Å²) in [6.45, 7) is 19.7. The zero-order valence-electron chi connectivity index (χ0n) is 22.2. The fraction of sp³-hybridized carbons (Fsp3) is 0.846. The minimum absolute atomic E-state index is 0.116. The lowest BCUT2D eigenvalue weighted by Crippen LogP contribution is -2.56. The average Bonchev–Trinajstić information content (AvgIpc) is 3.12. The maximum atomic E-state index is 13.7. The number of hydrogen-bond donors (Lipinski definition) is 0. The molecule has 4 aliphatic carbocycles. The van der Waals surface area contributed by atoms with Gasteiger partial charge in [-0.1, -0.05) is 6.58 Å². The van der Waals surface area contributed by atoms with E-state index in [0.717, 1.165) is 44.1 Å². The zero-order chi connectivity index (χ0) is 25.1. The minimum atomic E-state index is -1.92. The van der Waals surface area contributed by atoms with Gasteiger partial charge in [-0.3, -0.25) is 9.59 Å². The van der Waals surface area contributed by atoms with Gasteiger partial charge in [-0.15, -0.1) is 0 Å². The molecule has 1 saturated heterocycles. The number of methoxy groups -OCH3 is 1. The Hall–Kier alpha value is -0.966. The molecule has 8 atom stereocenters. The van der Waals surface area contributed by atoms with E-state index in [1.807, 2.05) is 6.92 Å². The number of carbonyl (C=O) groups excluding carboxylic acids is 2. The van der Waals surface area contributed by atoms with Gasteiger partial charge in [-0.05, 0) is 95.7 Å². The monoisotopic (exact) mass is 506 g/mol. The molecular weight excluding hydrogens is 464 g/mol. The second-order valence-electron chi connectivity index (χ2n) is 13.9. The van der Waals surface area contributed by atoms with Crippen LogP contribution in [0.5, 0.6) is 0 Å². The summed E-state index contributed by atoms with van der Waals surface area (Å²) in [4.78, 5) is 27.3. The van der Waals surface area contributed by atoms with E-state index in [0.29, 0.717) is 0 Å². The number of hydrogen-bond acceptors (Lipinski definition) is 6. The maximum absolute atomic E-state index is 13.7. The summed E-state index contributed by atoms with van der Waals surface area (Å²) >= 11 is 0. The van der Waals surface area contributed by atoms with E-state index in [4.69, 9.17) is 18.3 Å². The number of rotatable bonds is 5. The predicted molar refractivity (Wildman–Crippen MR) is 134 cm³/mol. The molecule has 5 aliphatic rings. The first-order valence-electron chi connectivity index (χ1n) is 12.9. The molecule has 4 bridgehead atoms. The summed E-state index contributed by atoms with van der Waals surface area (Å²) in [7, 11) is -2.31. The van der Waals surface area contributed by atoms with E-state index < -0.39 is 33.6 Å². The second-order valence-corrected chi connectivity index (χ2v) is 22.7. The third-order valence-corrected chi connectivity index (χ3v) is 11.7. The van der Waals surface area contributed by atoms with E-state index in [9.17, 15) is 9.59 Å². The van der Waals surface area contributed by atoms with Gasteiger partial charge in [0.1, 0.15) is 5.60 Å². The van der Waals surface area contributed by atoms with Crippen LogP contribution in [0.15, 0.2) is 12.2 Å². The van der Waals surface area contributed by atoms with Gasteiger partial charge < -0.3 is 18.3 Å². The van der Waals surface area contributed by atoms with Gasteiger partial charge in [-0.25, -0.2) is 0 Å². The largest absolute Gasteiger partial charge is 0.469 e. The van der Waals surface area contributed by atoms with Crippen LogP contribution in [0.25, 0.3) is 0 Å². The fourth-order valence-corrected chi connectivity index (χ4v) is 11.8. The summed E-state index contributed by atoms with van der Waals surface area (Å²) in [5.41, 5.74) is -1.09. The van der Waals surface area contributed by atoms with Gasteiger partial charge in [0.05, 0.1) is 30.1 Å². The first-order valence-corrected chi connectivity index (χ1v) is 19.7. The second kappa shape index (κ2) is 7.08.